The first-order chi connectivity index (χ1) is 17.5. The van der Waals surface area contributed by atoms with Gasteiger partial charge in [-0.3, -0.25) is 9.80 Å². The van der Waals surface area contributed by atoms with Gasteiger partial charge in [-0.25, -0.2) is 0 Å². The smallest absolute Gasteiger partial charge is 0.231 e. The molecule has 3 aromatic rings. The van der Waals surface area contributed by atoms with Crippen molar-refractivity contribution in [2.24, 2.45) is 0 Å². The van der Waals surface area contributed by atoms with Crippen molar-refractivity contribution in [2.75, 3.05) is 46.1 Å². The largest absolute Gasteiger partial charge is 0.454 e. The molecular formula is C28H31Cl3N2O4. The number of fused-ring (bicyclic) bond motifs is 1. The third kappa shape index (κ3) is 7.52. The molecule has 0 aliphatic carbocycles. The van der Waals surface area contributed by atoms with Crippen molar-refractivity contribution >= 4 is 35.6 Å². The summed E-state index contributed by atoms with van der Waals surface area (Å²) >= 11 is 12.2. The number of ether oxygens (including phenoxy) is 3. The number of aliphatic hydroxyl groups excluding tert-OH is 1. The van der Waals surface area contributed by atoms with E-state index in [4.69, 9.17) is 37.4 Å². The van der Waals surface area contributed by atoms with E-state index in [9.17, 15) is 5.11 Å². The van der Waals surface area contributed by atoms with E-state index in [0.717, 1.165) is 55.3 Å². The van der Waals surface area contributed by atoms with Crippen LogP contribution in [0.25, 0.3) is 0 Å². The Bertz CT molecular complexity index is 1090. The number of aliphatic hydroxyl groups is 1. The molecule has 1 N–H and O–H groups in total. The quantitative estimate of drug-likeness (QED) is 0.374. The molecule has 3 aromatic carbocycles. The van der Waals surface area contributed by atoms with Crippen LogP contribution in [0.4, 0.5) is 0 Å². The van der Waals surface area contributed by atoms with E-state index < -0.39 is 6.10 Å². The monoisotopic (exact) mass is 564 g/mol. The van der Waals surface area contributed by atoms with Gasteiger partial charge in [0, 0.05) is 49.3 Å². The zero-order valence-electron chi connectivity index (χ0n) is 20.4. The summed E-state index contributed by atoms with van der Waals surface area (Å²) in [5.74, 6) is 1.64. The van der Waals surface area contributed by atoms with Gasteiger partial charge < -0.3 is 19.3 Å². The molecule has 1 saturated heterocycles. The minimum atomic E-state index is -0.590. The second kappa shape index (κ2) is 13.2. The Morgan fingerprint density at radius 2 is 1.35 bits per heavy atom. The molecule has 0 aromatic heterocycles. The number of piperazine rings is 1. The molecule has 0 bridgehead atoms. The zero-order valence-corrected chi connectivity index (χ0v) is 22.7. The van der Waals surface area contributed by atoms with Crippen molar-refractivity contribution in [2.45, 2.75) is 18.8 Å². The van der Waals surface area contributed by atoms with Crippen LogP contribution >= 0.6 is 35.6 Å². The maximum Gasteiger partial charge on any atom is 0.231 e. The first-order valence-corrected chi connectivity index (χ1v) is 12.9. The SMILES string of the molecule is Cl.OC(COC(c1ccc(Cl)cc1)c1ccc(Cl)cc1)CN1CCN(Cc2ccc3c(c2)OCO3)CC1. The van der Waals surface area contributed by atoms with Gasteiger partial charge in [-0.15, -0.1) is 12.4 Å². The zero-order chi connectivity index (χ0) is 24.9. The Morgan fingerprint density at radius 1 is 0.784 bits per heavy atom. The number of benzene rings is 3. The Morgan fingerprint density at radius 3 is 1.97 bits per heavy atom. The van der Waals surface area contributed by atoms with Gasteiger partial charge in [-0.1, -0.05) is 53.5 Å². The van der Waals surface area contributed by atoms with Gasteiger partial charge >= 0.3 is 0 Å². The number of β-amino-alcohol motifs (C(OH)–C–C–N with tert-alkyl or cyclic N) is 1. The molecule has 1 atom stereocenters. The number of hydrogen-bond donors (Lipinski definition) is 1. The average molecular weight is 566 g/mol. The first-order valence-electron chi connectivity index (χ1n) is 12.2. The molecule has 5 rings (SSSR count). The van der Waals surface area contributed by atoms with Crippen LogP contribution in [0, 0.1) is 0 Å². The molecule has 2 aliphatic heterocycles. The maximum absolute atomic E-state index is 10.8. The minimum Gasteiger partial charge on any atom is -0.454 e. The number of nitrogens with zero attached hydrogens (tertiary/aromatic N) is 2. The van der Waals surface area contributed by atoms with Gasteiger partial charge in [0.1, 0.15) is 6.10 Å². The summed E-state index contributed by atoms with van der Waals surface area (Å²) in [5.41, 5.74) is 3.17. The van der Waals surface area contributed by atoms with Gasteiger partial charge in [-0.05, 0) is 53.1 Å². The Hall–Kier alpha value is -2.03. The normalized spacial score (nSPS) is 16.5. The lowest BCUT2D eigenvalue weighted by Crippen LogP contribution is -2.48. The van der Waals surface area contributed by atoms with E-state index in [1.165, 1.54) is 5.56 Å². The predicted molar refractivity (Wildman–Crippen MR) is 148 cm³/mol. The van der Waals surface area contributed by atoms with E-state index in [0.29, 0.717) is 23.4 Å². The summed E-state index contributed by atoms with van der Waals surface area (Å²) in [4.78, 5) is 4.72. The fourth-order valence-corrected chi connectivity index (χ4v) is 4.90. The highest BCUT2D eigenvalue weighted by Crippen LogP contribution is 2.33. The van der Waals surface area contributed by atoms with E-state index in [-0.39, 0.29) is 25.1 Å². The third-order valence-electron chi connectivity index (χ3n) is 6.58. The van der Waals surface area contributed by atoms with Gasteiger partial charge in [0.15, 0.2) is 11.5 Å². The minimum absolute atomic E-state index is 0. The second-order valence-corrected chi connectivity index (χ2v) is 10.1. The van der Waals surface area contributed by atoms with E-state index in [1.54, 1.807) is 0 Å². The standard InChI is InChI=1S/C28H30Cl2N2O4.ClH/c29-23-6-2-21(3-7-23)28(22-4-8-24(30)9-5-22)34-18-25(33)17-32-13-11-31(12-14-32)16-20-1-10-26-27(15-20)36-19-35-26;/h1-10,15,25,28,33H,11-14,16-19H2;1H. The molecule has 0 saturated carbocycles. The van der Waals surface area contributed by atoms with Crippen LogP contribution < -0.4 is 9.47 Å². The lowest BCUT2D eigenvalue weighted by atomic mass is 10.0. The van der Waals surface area contributed by atoms with Crippen LogP contribution in [0.15, 0.2) is 66.7 Å². The van der Waals surface area contributed by atoms with Crippen LogP contribution in [-0.4, -0.2) is 67.1 Å². The second-order valence-electron chi connectivity index (χ2n) is 9.23. The Labute approximate surface area is 234 Å². The summed E-state index contributed by atoms with van der Waals surface area (Å²) in [6, 6.07) is 21.3. The highest BCUT2D eigenvalue weighted by molar-refractivity contribution is 6.30. The number of rotatable bonds is 9. The average Bonchev–Trinajstić information content (AvgIpc) is 3.35. The molecule has 0 amide bonds. The topological polar surface area (TPSA) is 54.4 Å². The van der Waals surface area contributed by atoms with Crippen LogP contribution in [-0.2, 0) is 11.3 Å². The van der Waals surface area contributed by atoms with Gasteiger partial charge in [-0.2, -0.15) is 0 Å². The molecule has 0 spiro atoms. The van der Waals surface area contributed by atoms with Crippen LogP contribution in [0.2, 0.25) is 10.0 Å². The molecule has 9 heteroatoms. The summed E-state index contributed by atoms with van der Waals surface area (Å²) < 4.78 is 17.1. The maximum atomic E-state index is 10.8. The van der Waals surface area contributed by atoms with Crippen molar-refractivity contribution in [3.63, 3.8) is 0 Å². The fourth-order valence-electron chi connectivity index (χ4n) is 4.65. The molecule has 198 valence electrons. The fraction of sp³-hybridized carbons (Fsp3) is 0.357. The Kier molecular flexibility index (Phi) is 9.96. The predicted octanol–water partition coefficient (Wildman–Crippen LogP) is 5.43. The van der Waals surface area contributed by atoms with Crippen molar-refractivity contribution in [3.8, 4) is 11.5 Å². The highest BCUT2D eigenvalue weighted by atomic mass is 35.5. The molecule has 0 radical (unpaired) electrons. The van der Waals surface area contributed by atoms with Crippen LogP contribution in [0.5, 0.6) is 11.5 Å². The third-order valence-corrected chi connectivity index (χ3v) is 7.08. The highest BCUT2D eigenvalue weighted by Gasteiger charge is 2.22. The van der Waals surface area contributed by atoms with Gasteiger partial charge in [0.05, 0.1) is 12.7 Å². The Balaban J connectivity index is 0.00000320. The van der Waals surface area contributed by atoms with Crippen LogP contribution in [0.1, 0.15) is 22.8 Å². The van der Waals surface area contributed by atoms with Gasteiger partial charge in [0.25, 0.3) is 0 Å². The number of hydrogen-bond acceptors (Lipinski definition) is 6. The lowest BCUT2D eigenvalue weighted by Gasteiger charge is -2.35. The summed E-state index contributed by atoms with van der Waals surface area (Å²) in [5, 5.41) is 12.1. The summed E-state index contributed by atoms with van der Waals surface area (Å²) in [6.45, 7) is 5.67. The van der Waals surface area contributed by atoms with Crippen molar-refractivity contribution < 1.29 is 19.3 Å². The van der Waals surface area contributed by atoms with Crippen molar-refractivity contribution in [1.29, 1.82) is 0 Å². The van der Waals surface area contributed by atoms with Crippen LogP contribution in [0.3, 0.4) is 0 Å². The first kappa shape index (κ1) is 28.0. The lowest BCUT2D eigenvalue weighted by molar-refractivity contribution is -0.0148. The van der Waals surface area contributed by atoms with E-state index >= 15 is 0 Å². The molecule has 2 heterocycles. The summed E-state index contributed by atoms with van der Waals surface area (Å²) in [6.07, 6.45) is -0.903. The number of halogens is 3. The van der Waals surface area contributed by atoms with Gasteiger partial charge in [0.2, 0.25) is 6.79 Å². The van der Waals surface area contributed by atoms with Crippen molar-refractivity contribution in [1.82, 2.24) is 9.80 Å². The van der Waals surface area contributed by atoms with E-state index in [1.807, 2.05) is 54.6 Å². The summed E-state index contributed by atoms with van der Waals surface area (Å²) in [7, 11) is 0. The molecule has 1 fully saturated rings. The van der Waals surface area contributed by atoms with E-state index in [2.05, 4.69) is 21.9 Å². The molecule has 6 nitrogen and oxygen atoms in total. The van der Waals surface area contributed by atoms with Crippen molar-refractivity contribution in [3.05, 3.63) is 93.5 Å². The molecule has 1 unspecified atom stereocenters. The molecule has 37 heavy (non-hydrogen) atoms. The molecule has 2 aliphatic rings. The molecular weight excluding hydrogens is 535 g/mol.